The van der Waals surface area contributed by atoms with Crippen molar-refractivity contribution in [2.45, 2.75) is 360 Å². The molecule has 0 aliphatic carbocycles. The van der Waals surface area contributed by atoms with Crippen LogP contribution in [0.3, 0.4) is 0 Å². The van der Waals surface area contributed by atoms with Crippen molar-refractivity contribution in [1.82, 2.24) is 5.32 Å². The Morgan fingerprint density at radius 2 is 0.700 bits per heavy atom. The van der Waals surface area contributed by atoms with E-state index in [0.29, 0.717) is 25.9 Å². The number of carbonyl (C=O) groups is 2. The standard InChI is InChI=1S/C64H123NO5/c1-3-5-7-9-11-13-15-17-18-19-20-21-23-26-29-33-36-40-44-48-52-56-62(67)61(60-66)65-63(68)57-53-49-45-41-37-34-30-27-24-22-25-28-31-35-39-43-47-51-55-59-70-64(69)58-54-50-46-42-38-32-16-14-12-10-8-6-4-2/h28,31,35,39,61-62,66-67H,3-27,29-30,32-34,36-38,40-60H2,1-2H3,(H,65,68)/b31-28-,39-35-. The molecule has 0 rings (SSSR count). The fourth-order valence-corrected chi connectivity index (χ4v) is 9.93. The van der Waals surface area contributed by atoms with Gasteiger partial charge in [-0.3, -0.25) is 9.59 Å². The number of aliphatic hydroxyl groups is 2. The fourth-order valence-electron chi connectivity index (χ4n) is 9.93. The van der Waals surface area contributed by atoms with Crippen LogP contribution in [0.15, 0.2) is 24.3 Å². The van der Waals surface area contributed by atoms with Crippen molar-refractivity contribution in [1.29, 1.82) is 0 Å². The van der Waals surface area contributed by atoms with Gasteiger partial charge in [0.05, 0.1) is 25.4 Å². The van der Waals surface area contributed by atoms with Crippen molar-refractivity contribution in [2.24, 2.45) is 0 Å². The van der Waals surface area contributed by atoms with Crippen molar-refractivity contribution in [3.63, 3.8) is 0 Å². The lowest BCUT2D eigenvalue weighted by Gasteiger charge is -2.22. The minimum Gasteiger partial charge on any atom is -0.466 e. The Hall–Kier alpha value is -1.66. The maximum atomic E-state index is 12.5. The third kappa shape index (κ3) is 55.7. The molecule has 6 nitrogen and oxygen atoms in total. The van der Waals surface area contributed by atoms with E-state index in [2.05, 4.69) is 43.5 Å². The van der Waals surface area contributed by atoms with E-state index in [1.807, 2.05) is 0 Å². The summed E-state index contributed by atoms with van der Waals surface area (Å²) >= 11 is 0. The lowest BCUT2D eigenvalue weighted by atomic mass is 10.0. The summed E-state index contributed by atoms with van der Waals surface area (Å²) in [5, 5.41) is 23.4. The summed E-state index contributed by atoms with van der Waals surface area (Å²) in [5.74, 6) is -0.0525. The second-order valence-electron chi connectivity index (χ2n) is 21.8. The van der Waals surface area contributed by atoms with Gasteiger partial charge < -0.3 is 20.3 Å². The predicted molar refractivity (Wildman–Crippen MR) is 306 cm³/mol. The number of nitrogens with one attached hydrogen (secondary N) is 1. The van der Waals surface area contributed by atoms with Crippen LogP contribution in [-0.4, -0.2) is 47.4 Å². The summed E-state index contributed by atoms with van der Waals surface area (Å²) in [6.07, 6.45) is 73.3. The van der Waals surface area contributed by atoms with Gasteiger partial charge >= 0.3 is 5.97 Å². The van der Waals surface area contributed by atoms with Crippen molar-refractivity contribution in [2.75, 3.05) is 13.2 Å². The summed E-state index contributed by atoms with van der Waals surface area (Å²) in [5.41, 5.74) is 0. The van der Waals surface area contributed by atoms with Crippen LogP contribution in [0, 0.1) is 0 Å². The van der Waals surface area contributed by atoms with Crippen LogP contribution in [0.25, 0.3) is 0 Å². The molecule has 6 heteroatoms. The monoisotopic (exact) mass is 986 g/mol. The third-order valence-corrected chi connectivity index (χ3v) is 14.8. The zero-order chi connectivity index (χ0) is 50.7. The summed E-state index contributed by atoms with van der Waals surface area (Å²) in [6.45, 7) is 4.94. The third-order valence-electron chi connectivity index (χ3n) is 14.8. The largest absolute Gasteiger partial charge is 0.466 e. The molecule has 0 fully saturated rings. The molecule has 3 N–H and O–H groups in total. The first-order valence-corrected chi connectivity index (χ1v) is 31.6. The van der Waals surface area contributed by atoms with Crippen molar-refractivity contribution < 1.29 is 24.5 Å². The zero-order valence-corrected chi connectivity index (χ0v) is 47.3. The summed E-state index contributed by atoms with van der Waals surface area (Å²) in [7, 11) is 0. The highest BCUT2D eigenvalue weighted by molar-refractivity contribution is 5.76. The van der Waals surface area contributed by atoms with Gasteiger partial charge in [0, 0.05) is 12.8 Å². The molecule has 0 bridgehead atoms. The Morgan fingerprint density at radius 3 is 1.06 bits per heavy atom. The fraction of sp³-hybridized carbons (Fsp3) is 0.906. The molecule has 0 radical (unpaired) electrons. The Bertz CT molecular complexity index is 1090. The molecule has 2 atom stereocenters. The Morgan fingerprint density at radius 1 is 0.400 bits per heavy atom. The van der Waals surface area contributed by atoms with Gasteiger partial charge in [0.1, 0.15) is 0 Å². The van der Waals surface area contributed by atoms with E-state index in [9.17, 15) is 19.8 Å². The molecular weight excluding hydrogens is 863 g/mol. The van der Waals surface area contributed by atoms with E-state index < -0.39 is 12.1 Å². The van der Waals surface area contributed by atoms with Crippen LogP contribution in [0.5, 0.6) is 0 Å². The molecule has 2 unspecified atom stereocenters. The minimum absolute atomic E-state index is 0.0111. The molecule has 0 spiro atoms. The number of ether oxygens (including phenoxy) is 1. The van der Waals surface area contributed by atoms with Crippen LogP contribution in [0.4, 0.5) is 0 Å². The summed E-state index contributed by atoms with van der Waals surface area (Å²) in [6, 6.07) is -0.550. The van der Waals surface area contributed by atoms with Crippen LogP contribution >= 0.6 is 0 Å². The number of unbranched alkanes of at least 4 members (excludes halogenated alkanes) is 45. The smallest absolute Gasteiger partial charge is 0.305 e. The SMILES string of the molecule is CCCCCCCCCCCCCCCCCCCCCCCC(O)C(CO)NC(=O)CCCCCCCCCCCC/C=C\C=C/CCCCCOC(=O)CCCCCCCCCCCCCCC. The average Bonchev–Trinajstić information content (AvgIpc) is 3.36. The zero-order valence-electron chi connectivity index (χ0n) is 47.3. The van der Waals surface area contributed by atoms with Crippen LogP contribution in [0.1, 0.15) is 348 Å². The second kappa shape index (κ2) is 59.9. The topological polar surface area (TPSA) is 95.9 Å². The summed E-state index contributed by atoms with van der Waals surface area (Å²) in [4.78, 5) is 24.5. The summed E-state index contributed by atoms with van der Waals surface area (Å²) < 4.78 is 5.45. The molecule has 0 heterocycles. The highest BCUT2D eigenvalue weighted by Crippen LogP contribution is 2.18. The van der Waals surface area contributed by atoms with Gasteiger partial charge in [0.15, 0.2) is 0 Å². The minimum atomic E-state index is -0.672. The van der Waals surface area contributed by atoms with E-state index in [1.54, 1.807) is 0 Å². The predicted octanol–water partition coefficient (Wildman–Crippen LogP) is 19.8. The quantitative estimate of drug-likeness (QED) is 0.0321. The number of hydrogen-bond donors (Lipinski definition) is 3. The van der Waals surface area contributed by atoms with Gasteiger partial charge in [-0.2, -0.15) is 0 Å². The molecule has 0 aromatic rings. The molecule has 0 aromatic carbocycles. The van der Waals surface area contributed by atoms with Crippen molar-refractivity contribution in [3.05, 3.63) is 24.3 Å². The molecule has 414 valence electrons. The average molecular weight is 987 g/mol. The van der Waals surface area contributed by atoms with Gasteiger partial charge in [0.2, 0.25) is 5.91 Å². The van der Waals surface area contributed by atoms with Crippen molar-refractivity contribution >= 4 is 11.9 Å². The lowest BCUT2D eigenvalue weighted by Crippen LogP contribution is -2.45. The number of aliphatic hydroxyl groups excluding tert-OH is 2. The van der Waals surface area contributed by atoms with Crippen LogP contribution in [-0.2, 0) is 14.3 Å². The van der Waals surface area contributed by atoms with E-state index >= 15 is 0 Å². The highest BCUT2D eigenvalue weighted by atomic mass is 16.5. The lowest BCUT2D eigenvalue weighted by molar-refractivity contribution is -0.143. The number of carbonyl (C=O) groups excluding carboxylic acids is 2. The molecule has 1 amide bonds. The van der Waals surface area contributed by atoms with Gasteiger partial charge in [-0.05, 0) is 57.8 Å². The van der Waals surface area contributed by atoms with Gasteiger partial charge in [-0.15, -0.1) is 0 Å². The number of rotatable bonds is 59. The molecule has 70 heavy (non-hydrogen) atoms. The Balaban J connectivity index is 3.47. The van der Waals surface area contributed by atoms with E-state index in [4.69, 9.17) is 4.74 Å². The van der Waals surface area contributed by atoms with Gasteiger partial charge in [0.25, 0.3) is 0 Å². The molecular formula is C64H123NO5. The molecule has 0 saturated carbocycles. The number of hydrogen-bond acceptors (Lipinski definition) is 5. The maximum absolute atomic E-state index is 12.5. The van der Waals surface area contributed by atoms with Gasteiger partial charge in [-0.1, -0.05) is 301 Å². The van der Waals surface area contributed by atoms with Crippen LogP contribution in [0.2, 0.25) is 0 Å². The number of amides is 1. The van der Waals surface area contributed by atoms with E-state index in [0.717, 1.165) is 70.6 Å². The number of allylic oxidation sites excluding steroid dienone is 4. The van der Waals surface area contributed by atoms with E-state index in [1.165, 1.54) is 244 Å². The highest BCUT2D eigenvalue weighted by Gasteiger charge is 2.20. The van der Waals surface area contributed by atoms with Crippen LogP contribution < -0.4 is 5.32 Å². The van der Waals surface area contributed by atoms with Gasteiger partial charge in [-0.25, -0.2) is 0 Å². The maximum Gasteiger partial charge on any atom is 0.305 e. The number of esters is 1. The van der Waals surface area contributed by atoms with Crippen molar-refractivity contribution in [3.8, 4) is 0 Å². The first-order chi connectivity index (χ1) is 34.5. The molecule has 0 aromatic heterocycles. The normalized spacial score (nSPS) is 12.7. The first-order valence-electron chi connectivity index (χ1n) is 31.6. The Kier molecular flexibility index (Phi) is 58.5. The molecule has 0 saturated heterocycles. The Labute approximate surface area is 437 Å². The molecule has 0 aliphatic heterocycles. The second-order valence-corrected chi connectivity index (χ2v) is 21.8. The first kappa shape index (κ1) is 68.3. The van der Waals surface area contributed by atoms with E-state index in [-0.39, 0.29) is 18.5 Å². The molecule has 0 aliphatic rings.